The van der Waals surface area contributed by atoms with E-state index in [1.165, 1.54) is 0 Å². The van der Waals surface area contributed by atoms with Crippen LogP contribution in [0.5, 0.6) is 0 Å². The van der Waals surface area contributed by atoms with Crippen LogP contribution in [0, 0.1) is 0 Å². The van der Waals surface area contributed by atoms with Gasteiger partial charge in [0, 0.05) is 16.0 Å². The van der Waals surface area contributed by atoms with Gasteiger partial charge in [0.1, 0.15) is 5.71 Å². The fraction of sp³-hybridized carbons (Fsp3) is 0. The summed E-state index contributed by atoms with van der Waals surface area (Å²) in [6.07, 6.45) is 1.66. The molecule has 0 aliphatic rings. The van der Waals surface area contributed by atoms with E-state index >= 15 is 0 Å². The van der Waals surface area contributed by atoms with Crippen LogP contribution in [0.2, 0.25) is 0 Å². The summed E-state index contributed by atoms with van der Waals surface area (Å²) >= 11 is 1.57. The van der Waals surface area contributed by atoms with Crippen molar-refractivity contribution in [2.75, 3.05) is 0 Å². The second kappa shape index (κ2) is 7.42. The van der Waals surface area contributed by atoms with Gasteiger partial charge in [0.25, 0.3) is 0 Å². The van der Waals surface area contributed by atoms with Gasteiger partial charge in [0.15, 0.2) is 0 Å². The third-order valence-electron chi connectivity index (χ3n) is 3.18. The first-order valence-electron chi connectivity index (χ1n) is 7.14. The molecule has 3 rings (SSSR count). The third-order valence-corrected chi connectivity index (χ3v) is 3.99. The Morgan fingerprint density at radius 2 is 1.48 bits per heavy atom. The molecule has 0 fully saturated rings. The lowest BCUT2D eigenvalue weighted by Gasteiger charge is -2.04. The first-order chi connectivity index (χ1) is 11.3. The molecule has 0 radical (unpaired) electrons. The number of carbonyl (C=O) groups is 1. The van der Waals surface area contributed by atoms with E-state index in [1.54, 1.807) is 29.7 Å². The lowest BCUT2D eigenvalue weighted by atomic mass is 10.0. The van der Waals surface area contributed by atoms with E-state index in [0.29, 0.717) is 11.3 Å². The van der Waals surface area contributed by atoms with Crippen LogP contribution in [0.15, 0.2) is 88.4 Å². The highest BCUT2D eigenvalue weighted by atomic mass is 32.1. The molecule has 0 atom stereocenters. The molecule has 0 bridgehead atoms. The fourth-order valence-electron chi connectivity index (χ4n) is 2.06. The molecule has 0 amide bonds. The largest absolute Gasteiger partial charge is 0.287 e. The minimum atomic E-state index is -0.139. The van der Waals surface area contributed by atoms with Crippen LogP contribution >= 0.6 is 11.3 Å². The number of Topliss-reactive ketones (excluding diaryl/α,β-unsaturated/α-hetero) is 1. The maximum absolute atomic E-state index is 12.7. The zero-order valence-corrected chi connectivity index (χ0v) is 13.1. The second-order valence-corrected chi connectivity index (χ2v) is 5.75. The Morgan fingerprint density at radius 1 is 0.826 bits per heavy atom. The van der Waals surface area contributed by atoms with E-state index in [1.807, 2.05) is 66.0 Å². The van der Waals surface area contributed by atoms with Crippen molar-refractivity contribution < 1.29 is 4.79 Å². The molecule has 3 nitrogen and oxygen atoms in total. The van der Waals surface area contributed by atoms with E-state index in [9.17, 15) is 4.79 Å². The lowest BCUT2D eigenvalue weighted by molar-refractivity contribution is 0.106. The van der Waals surface area contributed by atoms with Crippen LogP contribution in [0.4, 0.5) is 0 Å². The zero-order chi connectivity index (χ0) is 15.9. The zero-order valence-electron chi connectivity index (χ0n) is 12.3. The van der Waals surface area contributed by atoms with Crippen molar-refractivity contribution in [2.45, 2.75) is 0 Å². The van der Waals surface area contributed by atoms with Gasteiger partial charge in [-0.05, 0) is 11.4 Å². The van der Waals surface area contributed by atoms with Crippen molar-refractivity contribution in [2.24, 2.45) is 10.2 Å². The van der Waals surface area contributed by atoms with Crippen molar-refractivity contribution in [3.8, 4) is 0 Å². The predicted molar refractivity (Wildman–Crippen MR) is 95.7 cm³/mol. The molecule has 112 valence electrons. The van der Waals surface area contributed by atoms with Gasteiger partial charge in [-0.1, -0.05) is 66.7 Å². The second-order valence-electron chi connectivity index (χ2n) is 4.77. The van der Waals surface area contributed by atoms with Gasteiger partial charge in [-0.3, -0.25) is 4.79 Å². The first-order valence-corrected chi connectivity index (χ1v) is 8.02. The number of carbonyl (C=O) groups excluding carboxylic acids is 1. The van der Waals surface area contributed by atoms with Gasteiger partial charge in [-0.2, -0.15) is 5.10 Å². The molecule has 0 N–H and O–H groups in total. The molecule has 4 heteroatoms. The van der Waals surface area contributed by atoms with Crippen LogP contribution in [0.3, 0.4) is 0 Å². The highest BCUT2D eigenvalue weighted by Crippen LogP contribution is 2.10. The Bertz CT molecular complexity index is 822. The SMILES string of the molecule is O=C(/C(=N/N=C/c1cccs1)c1ccccc1)c1ccccc1. The highest BCUT2D eigenvalue weighted by Gasteiger charge is 2.15. The van der Waals surface area contributed by atoms with Crippen molar-refractivity contribution in [3.05, 3.63) is 94.2 Å². The van der Waals surface area contributed by atoms with Crippen molar-refractivity contribution in [3.63, 3.8) is 0 Å². The summed E-state index contributed by atoms with van der Waals surface area (Å²) < 4.78 is 0. The van der Waals surface area contributed by atoms with E-state index in [-0.39, 0.29) is 5.78 Å². The van der Waals surface area contributed by atoms with Crippen LogP contribution < -0.4 is 0 Å². The Labute approximate surface area is 138 Å². The number of benzene rings is 2. The summed E-state index contributed by atoms with van der Waals surface area (Å²) in [5.41, 5.74) is 1.69. The van der Waals surface area contributed by atoms with Crippen LogP contribution in [-0.4, -0.2) is 17.7 Å². The molecule has 0 unspecified atom stereocenters. The highest BCUT2D eigenvalue weighted by molar-refractivity contribution is 7.11. The molecule has 2 aromatic carbocycles. The van der Waals surface area contributed by atoms with Crippen molar-refractivity contribution >= 4 is 29.0 Å². The first kappa shape index (κ1) is 15.1. The molecule has 0 saturated carbocycles. The summed E-state index contributed by atoms with van der Waals surface area (Å²) in [5.74, 6) is -0.139. The monoisotopic (exact) mass is 318 g/mol. The van der Waals surface area contributed by atoms with Crippen LogP contribution in [0.1, 0.15) is 20.8 Å². The average molecular weight is 318 g/mol. The van der Waals surface area contributed by atoms with E-state index in [4.69, 9.17) is 0 Å². The molecule has 23 heavy (non-hydrogen) atoms. The molecule has 0 aliphatic carbocycles. The van der Waals surface area contributed by atoms with Gasteiger partial charge in [0.2, 0.25) is 5.78 Å². The predicted octanol–water partition coefficient (Wildman–Crippen LogP) is 4.45. The molecule has 3 aromatic rings. The van der Waals surface area contributed by atoms with Crippen molar-refractivity contribution in [1.29, 1.82) is 0 Å². The molecular weight excluding hydrogens is 304 g/mol. The minimum Gasteiger partial charge on any atom is -0.287 e. The number of thiophene rings is 1. The smallest absolute Gasteiger partial charge is 0.213 e. The van der Waals surface area contributed by atoms with Gasteiger partial charge >= 0.3 is 0 Å². The average Bonchev–Trinajstić information content (AvgIpc) is 3.13. The maximum Gasteiger partial charge on any atom is 0.213 e. The molecule has 0 aliphatic heterocycles. The maximum atomic E-state index is 12.7. The standard InChI is InChI=1S/C19H14N2OS/c22-19(16-10-5-2-6-11-16)18(15-8-3-1-4-9-15)21-20-14-17-12-7-13-23-17/h1-14H/b20-14+,21-18+. The van der Waals surface area contributed by atoms with Gasteiger partial charge in [-0.15, -0.1) is 16.4 Å². The molecular formula is C19H14N2OS. The molecule has 0 spiro atoms. The third kappa shape index (κ3) is 3.87. The summed E-state index contributed by atoms with van der Waals surface area (Å²) in [5, 5.41) is 10.2. The summed E-state index contributed by atoms with van der Waals surface area (Å²) in [7, 11) is 0. The minimum absolute atomic E-state index is 0.139. The van der Waals surface area contributed by atoms with Crippen LogP contribution in [-0.2, 0) is 0 Å². The summed E-state index contributed by atoms with van der Waals surface area (Å²) in [6, 6.07) is 22.4. The van der Waals surface area contributed by atoms with Crippen LogP contribution in [0.25, 0.3) is 0 Å². The normalized spacial score (nSPS) is 11.7. The Balaban J connectivity index is 1.96. The number of hydrogen-bond acceptors (Lipinski definition) is 4. The number of nitrogens with zero attached hydrogens (tertiary/aromatic N) is 2. The quantitative estimate of drug-likeness (QED) is 0.389. The molecule has 0 saturated heterocycles. The molecule has 1 aromatic heterocycles. The lowest BCUT2D eigenvalue weighted by Crippen LogP contribution is -2.15. The topological polar surface area (TPSA) is 41.8 Å². The fourth-order valence-corrected chi connectivity index (χ4v) is 2.64. The summed E-state index contributed by atoms with van der Waals surface area (Å²) in [4.78, 5) is 13.7. The van der Waals surface area contributed by atoms with E-state index in [2.05, 4.69) is 10.2 Å². The van der Waals surface area contributed by atoms with E-state index < -0.39 is 0 Å². The summed E-state index contributed by atoms with van der Waals surface area (Å²) in [6.45, 7) is 0. The number of rotatable bonds is 5. The number of hydrogen-bond donors (Lipinski definition) is 0. The van der Waals surface area contributed by atoms with Gasteiger partial charge in [-0.25, -0.2) is 0 Å². The van der Waals surface area contributed by atoms with Gasteiger partial charge < -0.3 is 0 Å². The van der Waals surface area contributed by atoms with Gasteiger partial charge in [0.05, 0.1) is 6.21 Å². The van der Waals surface area contributed by atoms with Crippen molar-refractivity contribution in [1.82, 2.24) is 0 Å². The Kier molecular flexibility index (Phi) is 4.86. The van der Waals surface area contributed by atoms with E-state index in [0.717, 1.165) is 10.4 Å². The molecule has 1 heterocycles. The Morgan fingerprint density at radius 3 is 2.09 bits per heavy atom. The number of ketones is 1. The Hall–Kier alpha value is -2.85.